The smallest absolute Gasteiger partial charge is 0.335 e. The van der Waals surface area contributed by atoms with E-state index in [1.807, 2.05) is 13.8 Å². The van der Waals surface area contributed by atoms with E-state index < -0.39 is 12.1 Å². The van der Waals surface area contributed by atoms with Crippen LogP contribution in [0.1, 0.15) is 24.2 Å². The lowest BCUT2D eigenvalue weighted by Crippen LogP contribution is -2.25. The van der Waals surface area contributed by atoms with Gasteiger partial charge in [-0.15, -0.1) is 0 Å². The van der Waals surface area contributed by atoms with Gasteiger partial charge in [-0.1, -0.05) is 0 Å². The monoisotopic (exact) mass is 284 g/mol. The summed E-state index contributed by atoms with van der Waals surface area (Å²) in [5.74, 6) is -0.371. The van der Waals surface area contributed by atoms with Crippen LogP contribution in [0.2, 0.25) is 0 Å². The lowest BCUT2D eigenvalue weighted by atomic mass is 10.2. The summed E-state index contributed by atoms with van der Waals surface area (Å²) in [5.41, 5.74) is 0.0914. The summed E-state index contributed by atoms with van der Waals surface area (Å²) in [6.07, 6.45) is -0.773. The number of aromatic carboxylic acids is 1. The highest BCUT2D eigenvalue weighted by Gasteiger charge is 2.12. The van der Waals surface area contributed by atoms with Gasteiger partial charge in [-0.2, -0.15) is 0 Å². The molecular formula is C14H20O6. The second kappa shape index (κ2) is 7.72. The fourth-order valence-electron chi connectivity index (χ4n) is 1.46. The van der Waals surface area contributed by atoms with Crippen LogP contribution >= 0.6 is 0 Å². The fraction of sp³-hybridized carbons (Fsp3) is 0.500. The van der Waals surface area contributed by atoms with Crippen molar-refractivity contribution in [1.29, 1.82) is 0 Å². The summed E-state index contributed by atoms with van der Waals surface area (Å²) in [6, 6.07) is 4.29. The standard InChI is InChI=1S/C14H20O6/c1-9(2)19-7-11(15)8-20-13-6-10(14(16)17)4-5-12(13)18-3/h4-6,9,11,15H,7-8H2,1-3H3,(H,16,17). The van der Waals surface area contributed by atoms with Crippen molar-refractivity contribution < 1.29 is 29.2 Å². The minimum Gasteiger partial charge on any atom is -0.493 e. The molecule has 0 heterocycles. The molecule has 1 aromatic rings. The number of benzene rings is 1. The zero-order chi connectivity index (χ0) is 15.1. The molecule has 0 aliphatic heterocycles. The summed E-state index contributed by atoms with van der Waals surface area (Å²) < 4.78 is 15.7. The van der Waals surface area contributed by atoms with E-state index in [9.17, 15) is 9.90 Å². The van der Waals surface area contributed by atoms with Crippen molar-refractivity contribution in [3.63, 3.8) is 0 Å². The second-order valence-corrected chi connectivity index (χ2v) is 4.52. The summed E-state index contributed by atoms with van der Waals surface area (Å²) in [7, 11) is 1.46. The topological polar surface area (TPSA) is 85.2 Å². The maximum atomic E-state index is 10.9. The van der Waals surface area contributed by atoms with E-state index >= 15 is 0 Å². The molecule has 0 fully saturated rings. The van der Waals surface area contributed by atoms with Gasteiger partial charge in [-0.05, 0) is 32.0 Å². The predicted octanol–water partition coefficient (Wildman–Crippen LogP) is 1.56. The van der Waals surface area contributed by atoms with Crippen LogP contribution < -0.4 is 9.47 Å². The molecule has 0 aliphatic rings. The van der Waals surface area contributed by atoms with Gasteiger partial charge < -0.3 is 24.4 Å². The number of hydrogen-bond donors (Lipinski definition) is 2. The molecule has 6 heteroatoms. The molecule has 0 saturated carbocycles. The maximum absolute atomic E-state index is 10.9. The van der Waals surface area contributed by atoms with Crippen molar-refractivity contribution in [2.75, 3.05) is 20.3 Å². The first kappa shape index (κ1) is 16.3. The third-order valence-corrected chi connectivity index (χ3v) is 2.46. The van der Waals surface area contributed by atoms with Crippen LogP contribution in [0.4, 0.5) is 0 Å². The average Bonchev–Trinajstić information content (AvgIpc) is 2.42. The molecular weight excluding hydrogens is 264 g/mol. The first-order valence-corrected chi connectivity index (χ1v) is 6.27. The molecule has 0 spiro atoms. The van der Waals surface area contributed by atoms with Crippen LogP contribution in [0.15, 0.2) is 18.2 Å². The van der Waals surface area contributed by atoms with Crippen LogP contribution in [0.5, 0.6) is 11.5 Å². The summed E-state index contributed by atoms with van der Waals surface area (Å²) in [5, 5.41) is 18.6. The minimum atomic E-state index is -1.05. The molecule has 20 heavy (non-hydrogen) atoms. The molecule has 0 saturated heterocycles. The maximum Gasteiger partial charge on any atom is 0.335 e. The van der Waals surface area contributed by atoms with Gasteiger partial charge in [0.15, 0.2) is 11.5 Å². The number of rotatable bonds is 8. The zero-order valence-electron chi connectivity index (χ0n) is 11.8. The molecule has 0 aliphatic carbocycles. The highest BCUT2D eigenvalue weighted by atomic mass is 16.5. The van der Waals surface area contributed by atoms with E-state index in [0.29, 0.717) is 5.75 Å². The molecule has 6 nitrogen and oxygen atoms in total. The Morgan fingerprint density at radius 1 is 1.25 bits per heavy atom. The van der Waals surface area contributed by atoms with E-state index in [1.54, 1.807) is 0 Å². The largest absolute Gasteiger partial charge is 0.493 e. The first-order chi connectivity index (χ1) is 9.43. The van der Waals surface area contributed by atoms with Gasteiger partial charge in [0.2, 0.25) is 0 Å². The van der Waals surface area contributed by atoms with Crippen molar-refractivity contribution in [2.45, 2.75) is 26.1 Å². The van der Waals surface area contributed by atoms with Gasteiger partial charge in [0.1, 0.15) is 12.7 Å². The van der Waals surface area contributed by atoms with Gasteiger partial charge in [-0.25, -0.2) is 4.79 Å². The van der Waals surface area contributed by atoms with Crippen LogP contribution in [0, 0.1) is 0 Å². The molecule has 2 N–H and O–H groups in total. The summed E-state index contributed by atoms with van der Waals surface area (Å²) >= 11 is 0. The lowest BCUT2D eigenvalue weighted by Gasteiger charge is -2.16. The lowest BCUT2D eigenvalue weighted by molar-refractivity contribution is -0.0126. The number of carbonyl (C=O) groups is 1. The Morgan fingerprint density at radius 2 is 1.95 bits per heavy atom. The fourth-order valence-corrected chi connectivity index (χ4v) is 1.46. The molecule has 0 aromatic heterocycles. The van der Waals surface area contributed by atoms with Gasteiger partial charge >= 0.3 is 5.97 Å². The molecule has 1 atom stereocenters. The molecule has 1 rings (SSSR count). The Hall–Kier alpha value is -1.79. The SMILES string of the molecule is COc1ccc(C(=O)O)cc1OCC(O)COC(C)C. The number of aliphatic hydroxyl groups excluding tert-OH is 1. The third kappa shape index (κ3) is 5.07. The Bertz CT molecular complexity index is 443. The van der Waals surface area contributed by atoms with Gasteiger partial charge in [-0.3, -0.25) is 0 Å². The van der Waals surface area contributed by atoms with Gasteiger partial charge in [0.05, 0.1) is 25.4 Å². The van der Waals surface area contributed by atoms with E-state index in [2.05, 4.69) is 0 Å². The number of hydrogen-bond acceptors (Lipinski definition) is 5. The molecule has 1 unspecified atom stereocenters. The van der Waals surface area contributed by atoms with Crippen LogP contribution in [-0.2, 0) is 4.74 Å². The Balaban J connectivity index is 2.65. The van der Waals surface area contributed by atoms with Crippen molar-refractivity contribution in [2.24, 2.45) is 0 Å². The van der Waals surface area contributed by atoms with Gasteiger partial charge in [0.25, 0.3) is 0 Å². The molecule has 112 valence electrons. The van der Waals surface area contributed by atoms with E-state index in [0.717, 1.165) is 0 Å². The Kier molecular flexibility index (Phi) is 6.27. The Labute approximate surface area is 117 Å². The van der Waals surface area contributed by atoms with Gasteiger partial charge in [0, 0.05) is 0 Å². The van der Waals surface area contributed by atoms with Crippen molar-refractivity contribution >= 4 is 5.97 Å². The number of methoxy groups -OCH3 is 1. The highest BCUT2D eigenvalue weighted by Crippen LogP contribution is 2.28. The predicted molar refractivity (Wildman–Crippen MR) is 72.5 cm³/mol. The minimum absolute atomic E-state index is 0.00779. The van der Waals surface area contributed by atoms with E-state index in [-0.39, 0.29) is 30.6 Å². The third-order valence-electron chi connectivity index (χ3n) is 2.46. The zero-order valence-corrected chi connectivity index (χ0v) is 11.8. The van der Waals surface area contributed by atoms with Crippen LogP contribution in [0.3, 0.4) is 0 Å². The number of ether oxygens (including phenoxy) is 3. The number of carboxylic acids is 1. The first-order valence-electron chi connectivity index (χ1n) is 6.27. The van der Waals surface area contributed by atoms with Crippen molar-refractivity contribution in [1.82, 2.24) is 0 Å². The van der Waals surface area contributed by atoms with Crippen LogP contribution in [-0.4, -0.2) is 48.7 Å². The molecule has 0 bridgehead atoms. The summed E-state index contributed by atoms with van der Waals surface area (Å²) in [6.45, 7) is 3.88. The molecule has 0 radical (unpaired) electrons. The van der Waals surface area contributed by atoms with Crippen molar-refractivity contribution in [3.8, 4) is 11.5 Å². The highest BCUT2D eigenvalue weighted by molar-refractivity contribution is 5.88. The number of aliphatic hydroxyl groups is 1. The van der Waals surface area contributed by atoms with E-state index in [1.165, 1.54) is 25.3 Å². The number of carboxylic acid groups (broad SMARTS) is 1. The average molecular weight is 284 g/mol. The quantitative estimate of drug-likeness (QED) is 0.753. The summed E-state index contributed by atoms with van der Waals surface area (Å²) in [4.78, 5) is 10.9. The second-order valence-electron chi connectivity index (χ2n) is 4.52. The van der Waals surface area contributed by atoms with Crippen molar-refractivity contribution in [3.05, 3.63) is 23.8 Å². The molecule has 0 amide bonds. The Morgan fingerprint density at radius 3 is 2.50 bits per heavy atom. The molecule has 1 aromatic carbocycles. The van der Waals surface area contributed by atoms with E-state index in [4.69, 9.17) is 19.3 Å². The van der Waals surface area contributed by atoms with Crippen LogP contribution in [0.25, 0.3) is 0 Å². The normalized spacial score (nSPS) is 12.2.